The molecule has 0 unspecified atom stereocenters. The molecular weight excluding hydrogens is 214 g/mol. The first-order valence-electron chi connectivity index (χ1n) is 6.19. The zero-order valence-electron chi connectivity index (χ0n) is 11.8. The first-order chi connectivity index (χ1) is 8.10. The number of nitrogens with zero attached hydrogens (tertiary/aromatic N) is 3. The molecule has 5 nitrogen and oxygen atoms in total. The normalized spacial score (nSPS) is 23.1. The number of hydrogen-bond donors (Lipinski definition) is 2. The third-order valence-electron chi connectivity index (χ3n) is 2.75. The summed E-state index contributed by atoms with van der Waals surface area (Å²) in [4.78, 5) is 8.72. The van der Waals surface area contributed by atoms with Gasteiger partial charge in [0.15, 0.2) is 0 Å². The van der Waals surface area contributed by atoms with Crippen LogP contribution in [0.1, 0.15) is 20.8 Å². The van der Waals surface area contributed by atoms with Gasteiger partial charge in [0.05, 0.1) is 5.70 Å². The van der Waals surface area contributed by atoms with Gasteiger partial charge in [-0.1, -0.05) is 13.8 Å². The lowest BCUT2D eigenvalue weighted by molar-refractivity contribution is 0.161. The van der Waals surface area contributed by atoms with E-state index in [0.29, 0.717) is 11.7 Å². The minimum absolute atomic E-state index is 0.418. The van der Waals surface area contributed by atoms with Crippen LogP contribution in [0.5, 0.6) is 0 Å². The zero-order chi connectivity index (χ0) is 13.4. The average molecular weight is 241 g/mol. The fourth-order valence-electron chi connectivity index (χ4n) is 1.95. The highest BCUT2D eigenvalue weighted by Crippen LogP contribution is 2.10. The third kappa shape index (κ3) is 4.26. The predicted octanol–water partition coefficient (Wildman–Crippen LogP) is 0.436. The third-order valence-corrected chi connectivity index (χ3v) is 2.75. The number of rotatable bonds is 1. The van der Waals surface area contributed by atoms with Crippen LogP contribution in [0.4, 0.5) is 0 Å². The minimum Gasteiger partial charge on any atom is -0.403 e. The van der Waals surface area contributed by atoms with Crippen LogP contribution in [-0.2, 0) is 0 Å². The van der Waals surface area contributed by atoms with E-state index in [-0.39, 0.29) is 0 Å². The summed E-state index contributed by atoms with van der Waals surface area (Å²) in [6.45, 7) is 9.17. The van der Waals surface area contributed by atoms with Crippen molar-refractivity contribution in [2.24, 2.45) is 16.5 Å². The van der Waals surface area contributed by atoms with Crippen LogP contribution in [0, 0.1) is 0 Å². The summed E-state index contributed by atoms with van der Waals surface area (Å²) >= 11 is 0. The van der Waals surface area contributed by atoms with Crippen LogP contribution in [0.2, 0.25) is 0 Å². The summed E-state index contributed by atoms with van der Waals surface area (Å²) in [6.07, 6.45) is 1.41. The van der Waals surface area contributed by atoms with Gasteiger partial charge in [0.1, 0.15) is 5.84 Å². The lowest BCUT2D eigenvalue weighted by Crippen LogP contribution is -2.53. The SMILES string of the molecule is CC.CN=C(/C(N)=C\N)N1CCN(C)C[C@H]1C. The Labute approximate surface area is 105 Å². The molecule has 0 radical (unpaired) electrons. The van der Waals surface area contributed by atoms with E-state index < -0.39 is 0 Å². The molecule has 0 aliphatic carbocycles. The molecular formula is C12H27N5. The Morgan fingerprint density at radius 3 is 2.35 bits per heavy atom. The van der Waals surface area contributed by atoms with Gasteiger partial charge in [0.2, 0.25) is 0 Å². The zero-order valence-corrected chi connectivity index (χ0v) is 11.8. The molecule has 1 saturated heterocycles. The number of nitrogens with two attached hydrogens (primary N) is 2. The second kappa shape index (κ2) is 7.95. The van der Waals surface area contributed by atoms with Crippen LogP contribution in [0.3, 0.4) is 0 Å². The van der Waals surface area contributed by atoms with Gasteiger partial charge in [0, 0.05) is 38.9 Å². The van der Waals surface area contributed by atoms with Crippen molar-refractivity contribution in [2.45, 2.75) is 26.8 Å². The summed E-state index contributed by atoms with van der Waals surface area (Å²) in [7, 11) is 3.87. The molecule has 0 bridgehead atoms. The van der Waals surface area contributed by atoms with Crippen molar-refractivity contribution in [1.82, 2.24) is 9.80 Å². The van der Waals surface area contributed by atoms with Crippen molar-refractivity contribution < 1.29 is 0 Å². The van der Waals surface area contributed by atoms with Crippen molar-refractivity contribution in [3.05, 3.63) is 11.9 Å². The smallest absolute Gasteiger partial charge is 0.148 e. The van der Waals surface area contributed by atoms with Gasteiger partial charge < -0.3 is 21.3 Å². The molecule has 0 aromatic carbocycles. The molecule has 0 amide bonds. The fraction of sp³-hybridized carbons (Fsp3) is 0.750. The Hall–Kier alpha value is -1.23. The van der Waals surface area contributed by atoms with Gasteiger partial charge >= 0.3 is 0 Å². The summed E-state index contributed by atoms with van der Waals surface area (Å²) in [5.74, 6) is 0.804. The Kier molecular flexibility index (Phi) is 7.37. The lowest BCUT2D eigenvalue weighted by atomic mass is 10.2. The van der Waals surface area contributed by atoms with Crippen molar-refractivity contribution in [2.75, 3.05) is 33.7 Å². The molecule has 1 aliphatic rings. The Morgan fingerprint density at radius 2 is 1.94 bits per heavy atom. The number of likely N-dealkylation sites (N-methyl/N-ethyl adjacent to an activating group) is 1. The maximum Gasteiger partial charge on any atom is 0.148 e. The fourth-order valence-corrected chi connectivity index (χ4v) is 1.95. The van der Waals surface area contributed by atoms with E-state index in [2.05, 4.69) is 28.8 Å². The Morgan fingerprint density at radius 1 is 1.35 bits per heavy atom. The van der Waals surface area contributed by atoms with Gasteiger partial charge in [-0.05, 0) is 14.0 Å². The average Bonchev–Trinajstić information content (AvgIpc) is 2.34. The monoisotopic (exact) mass is 241 g/mol. The maximum atomic E-state index is 5.81. The van der Waals surface area contributed by atoms with E-state index in [1.165, 1.54) is 6.20 Å². The Bertz CT molecular complexity index is 272. The quantitative estimate of drug-likeness (QED) is 0.516. The molecule has 100 valence electrons. The molecule has 0 spiro atoms. The number of hydrogen-bond acceptors (Lipinski definition) is 4. The molecule has 4 N–H and O–H groups in total. The highest BCUT2D eigenvalue weighted by atomic mass is 15.3. The highest BCUT2D eigenvalue weighted by Gasteiger charge is 2.24. The molecule has 0 saturated carbocycles. The van der Waals surface area contributed by atoms with Gasteiger partial charge in [-0.3, -0.25) is 4.99 Å². The number of amidine groups is 1. The Balaban J connectivity index is 0.00000121. The summed E-state index contributed by atoms with van der Waals surface area (Å²) in [6, 6.07) is 0.418. The van der Waals surface area contributed by atoms with Gasteiger partial charge in [-0.25, -0.2) is 0 Å². The van der Waals surface area contributed by atoms with Crippen molar-refractivity contribution in [1.29, 1.82) is 0 Å². The first kappa shape index (κ1) is 15.8. The first-order valence-corrected chi connectivity index (χ1v) is 6.19. The summed E-state index contributed by atoms with van der Waals surface area (Å²) in [5, 5.41) is 0. The van der Waals surface area contributed by atoms with Crippen molar-refractivity contribution in [3.8, 4) is 0 Å². The van der Waals surface area contributed by atoms with Gasteiger partial charge in [0.25, 0.3) is 0 Å². The molecule has 5 heteroatoms. The second-order valence-corrected chi connectivity index (χ2v) is 3.97. The lowest BCUT2D eigenvalue weighted by Gasteiger charge is -2.40. The van der Waals surface area contributed by atoms with Gasteiger partial charge in [-0.15, -0.1) is 0 Å². The van der Waals surface area contributed by atoms with E-state index in [0.717, 1.165) is 25.5 Å². The molecule has 1 rings (SSSR count). The molecule has 1 aliphatic heterocycles. The van der Waals surface area contributed by atoms with Crippen LogP contribution < -0.4 is 11.5 Å². The molecule has 1 heterocycles. The maximum absolute atomic E-state index is 5.81. The van der Waals surface area contributed by atoms with E-state index in [4.69, 9.17) is 11.5 Å². The summed E-state index contributed by atoms with van der Waals surface area (Å²) in [5.41, 5.74) is 11.8. The number of aliphatic imine (C=N–C) groups is 1. The van der Waals surface area contributed by atoms with Crippen molar-refractivity contribution in [3.63, 3.8) is 0 Å². The van der Waals surface area contributed by atoms with Crippen LogP contribution >= 0.6 is 0 Å². The highest BCUT2D eigenvalue weighted by molar-refractivity contribution is 5.97. The van der Waals surface area contributed by atoms with E-state index in [1.54, 1.807) is 7.05 Å². The van der Waals surface area contributed by atoms with Crippen LogP contribution in [0.25, 0.3) is 0 Å². The molecule has 0 aromatic heterocycles. The topological polar surface area (TPSA) is 70.9 Å². The van der Waals surface area contributed by atoms with E-state index in [9.17, 15) is 0 Å². The second-order valence-electron chi connectivity index (χ2n) is 3.97. The summed E-state index contributed by atoms with van der Waals surface area (Å²) < 4.78 is 0. The number of piperazine rings is 1. The van der Waals surface area contributed by atoms with E-state index in [1.807, 2.05) is 13.8 Å². The predicted molar refractivity (Wildman–Crippen MR) is 74.8 cm³/mol. The minimum atomic E-state index is 0.418. The van der Waals surface area contributed by atoms with E-state index >= 15 is 0 Å². The van der Waals surface area contributed by atoms with Crippen LogP contribution in [-0.4, -0.2) is 55.4 Å². The molecule has 17 heavy (non-hydrogen) atoms. The van der Waals surface area contributed by atoms with Crippen molar-refractivity contribution >= 4 is 5.84 Å². The standard InChI is InChI=1S/C10H21N5.C2H6/c1-8-7-14(3)4-5-15(8)10(13-2)9(12)6-11;1-2/h6,8H,4-5,7,11-12H2,1-3H3;1-2H3/b9-6+,13-10?;/t8-;/m1./s1. The molecule has 1 fully saturated rings. The van der Waals surface area contributed by atoms with Gasteiger partial charge in [-0.2, -0.15) is 0 Å². The molecule has 0 aromatic rings. The van der Waals surface area contributed by atoms with Crippen LogP contribution in [0.15, 0.2) is 16.9 Å². The molecule has 1 atom stereocenters. The largest absolute Gasteiger partial charge is 0.403 e.